The number of rotatable bonds is 6. The van der Waals surface area contributed by atoms with E-state index in [0.29, 0.717) is 30.1 Å². The van der Waals surface area contributed by atoms with Crippen molar-refractivity contribution in [2.24, 2.45) is 0 Å². The third-order valence-electron chi connectivity index (χ3n) is 3.15. The van der Waals surface area contributed by atoms with Gasteiger partial charge in [-0.15, -0.1) is 6.58 Å². The summed E-state index contributed by atoms with van der Waals surface area (Å²) in [4.78, 5) is 13.5. The van der Waals surface area contributed by atoms with Crippen molar-refractivity contribution in [3.05, 3.63) is 30.9 Å². The molecule has 0 radical (unpaired) electrons. The highest BCUT2D eigenvalue weighted by Gasteiger charge is 2.25. The van der Waals surface area contributed by atoms with E-state index in [1.807, 2.05) is 0 Å². The van der Waals surface area contributed by atoms with Crippen LogP contribution in [0, 0.1) is 0 Å². The first-order chi connectivity index (χ1) is 9.96. The average Bonchev–Trinajstić information content (AvgIpc) is 2.84. The fourth-order valence-corrected chi connectivity index (χ4v) is 3.12. The number of hydrogen-bond donors (Lipinski definition) is 1. The van der Waals surface area contributed by atoms with Gasteiger partial charge >= 0.3 is 0 Å². The van der Waals surface area contributed by atoms with Crippen LogP contribution in [0.5, 0.6) is 5.75 Å². The predicted molar refractivity (Wildman–Crippen MR) is 82.2 cm³/mol. The van der Waals surface area contributed by atoms with Crippen LogP contribution in [-0.4, -0.2) is 33.7 Å². The van der Waals surface area contributed by atoms with E-state index < -0.39 is 10.0 Å². The number of carbonyl (C=O) groups is 1. The normalized spacial score (nSPS) is 15.1. The smallest absolute Gasteiger partial charge is 0.236 e. The zero-order valence-electron chi connectivity index (χ0n) is 11.8. The van der Waals surface area contributed by atoms with Gasteiger partial charge < -0.3 is 9.64 Å². The van der Waals surface area contributed by atoms with Crippen molar-refractivity contribution in [3.8, 4) is 5.75 Å². The summed E-state index contributed by atoms with van der Waals surface area (Å²) >= 11 is 0. The SMILES string of the molecule is C=CCS(=O)(=O)Nc1ccc(OC)c(N2CCCC2=O)c1. The summed E-state index contributed by atoms with van der Waals surface area (Å²) in [6.07, 6.45) is 2.60. The highest BCUT2D eigenvalue weighted by atomic mass is 32.2. The van der Waals surface area contributed by atoms with Crippen molar-refractivity contribution in [1.29, 1.82) is 0 Å². The first-order valence-electron chi connectivity index (χ1n) is 6.56. The molecular formula is C14H18N2O4S. The van der Waals surface area contributed by atoms with Gasteiger partial charge in [0.1, 0.15) is 5.75 Å². The Morgan fingerprint density at radius 3 is 2.81 bits per heavy atom. The maximum Gasteiger partial charge on any atom is 0.236 e. The number of sulfonamides is 1. The molecule has 0 atom stereocenters. The lowest BCUT2D eigenvalue weighted by Gasteiger charge is -2.20. The fraction of sp³-hybridized carbons (Fsp3) is 0.357. The van der Waals surface area contributed by atoms with Gasteiger partial charge in [0.05, 0.1) is 24.2 Å². The standard InChI is InChI=1S/C14H18N2O4S/c1-3-9-21(18,19)15-11-6-7-13(20-2)12(10-11)16-8-4-5-14(16)17/h3,6-7,10,15H,1,4-5,8-9H2,2H3. The lowest BCUT2D eigenvalue weighted by molar-refractivity contribution is -0.117. The van der Waals surface area contributed by atoms with Crippen LogP contribution < -0.4 is 14.4 Å². The molecule has 1 aliphatic rings. The van der Waals surface area contributed by atoms with Crippen molar-refractivity contribution in [2.45, 2.75) is 12.8 Å². The Morgan fingerprint density at radius 2 is 2.24 bits per heavy atom. The molecule has 1 amide bonds. The molecule has 1 aromatic carbocycles. The Hall–Kier alpha value is -2.02. The summed E-state index contributed by atoms with van der Waals surface area (Å²) in [7, 11) is -1.96. The molecular weight excluding hydrogens is 292 g/mol. The minimum absolute atomic E-state index is 0.0133. The number of amides is 1. The summed E-state index contributed by atoms with van der Waals surface area (Å²) in [6.45, 7) is 4.02. The number of anilines is 2. The number of methoxy groups -OCH3 is 1. The van der Waals surface area contributed by atoms with Gasteiger partial charge in [0, 0.05) is 13.0 Å². The van der Waals surface area contributed by atoms with E-state index in [4.69, 9.17) is 4.74 Å². The van der Waals surface area contributed by atoms with Gasteiger partial charge in [-0.1, -0.05) is 6.08 Å². The number of ether oxygens (including phenoxy) is 1. The molecule has 1 saturated heterocycles. The third kappa shape index (κ3) is 3.55. The van der Waals surface area contributed by atoms with Crippen LogP contribution in [0.3, 0.4) is 0 Å². The van der Waals surface area contributed by atoms with Crippen molar-refractivity contribution in [2.75, 3.05) is 29.0 Å². The number of hydrogen-bond acceptors (Lipinski definition) is 4. The predicted octanol–water partition coefficient (Wildman–Crippen LogP) is 1.75. The van der Waals surface area contributed by atoms with Crippen molar-refractivity contribution in [1.82, 2.24) is 0 Å². The van der Waals surface area contributed by atoms with Gasteiger partial charge in [0.25, 0.3) is 0 Å². The van der Waals surface area contributed by atoms with Crippen LogP contribution in [0.2, 0.25) is 0 Å². The molecule has 0 spiro atoms. The Balaban J connectivity index is 2.33. The molecule has 6 nitrogen and oxygen atoms in total. The summed E-state index contributed by atoms with van der Waals surface area (Å²) in [5.41, 5.74) is 0.978. The lowest BCUT2D eigenvalue weighted by Crippen LogP contribution is -2.24. The van der Waals surface area contributed by atoms with Crippen LogP contribution >= 0.6 is 0 Å². The summed E-state index contributed by atoms with van der Waals surface area (Å²) in [5, 5.41) is 0. The Bertz CT molecular complexity index is 655. The minimum Gasteiger partial charge on any atom is -0.495 e. The fourth-order valence-electron chi connectivity index (χ4n) is 2.24. The summed E-state index contributed by atoms with van der Waals surface area (Å²) in [5.74, 6) is 0.383. The Kier molecular flexibility index (Phi) is 4.52. The van der Waals surface area contributed by atoms with Crippen molar-refractivity contribution >= 4 is 27.3 Å². The molecule has 114 valence electrons. The Labute approximate surface area is 124 Å². The van der Waals surface area contributed by atoms with E-state index in [1.165, 1.54) is 13.2 Å². The second-order valence-corrected chi connectivity index (χ2v) is 6.47. The molecule has 0 unspecified atom stereocenters. The van der Waals surface area contributed by atoms with Crippen LogP contribution in [-0.2, 0) is 14.8 Å². The molecule has 1 N–H and O–H groups in total. The third-order valence-corrected chi connectivity index (χ3v) is 4.37. The van der Waals surface area contributed by atoms with E-state index in [-0.39, 0.29) is 11.7 Å². The quantitative estimate of drug-likeness (QED) is 0.812. The monoisotopic (exact) mass is 310 g/mol. The van der Waals surface area contributed by atoms with Gasteiger partial charge in [-0.05, 0) is 24.6 Å². The van der Waals surface area contributed by atoms with E-state index in [2.05, 4.69) is 11.3 Å². The minimum atomic E-state index is -3.47. The molecule has 1 heterocycles. The zero-order chi connectivity index (χ0) is 15.5. The van der Waals surface area contributed by atoms with E-state index >= 15 is 0 Å². The maximum atomic E-state index is 11.9. The highest BCUT2D eigenvalue weighted by molar-refractivity contribution is 7.92. The topological polar surface area (TPSA) is 75.7 Å². The second kappa shape index (κ2) is 6.17. The molecule has 0 aliphatic carbocycles. The van der Waals surface area contributed by atoms with Crippen LogP contribution in [0.25, 0.3) is 0 Å². The van der Waals surface area contributed by atoms with Gasteiger partial charge in [-0.2, -0.15) is 0 Å². The second-order valence-electron chi connectivity index (χ2n) is 4.71. The molecule has 0 saturated carbocycles. The number of carbonyl (C=O) groups excluding carboxylic acids is 1. The lowest BCUT2D eigenvalue weighted by atomic mass is 10.2. The van der Waals surface area contributed by atoms with Crippen LogP contribution in [0.1, 0.15) is 12.8 Å². The molecule has 0 bridgehead atoms. The first-order valence-corrected chi connectivity index (χ1v) is 8.22. The molecule has 21 heavy (non-hydrogen) atoms. The van der Waals surface area contributed by atoms with Gasteiger partial charge in [0.15, 0.2) is 0 Å². The largest absolute Gasteiger partial charge is 0.495 e. The highest BCUT2D eigenvalue weighted by Crippen LogP contribution is 2.34. The van der Waals surface area contributed by atoms with E-state index in [1.54, 1.807) is 23.1 Å². The maximum absolute atomic E-state index is 11.9. The molecule has 1 aromatic rings. The van der Waals surface area contributed by atoms with Crippen molar-refractivity contribution in [3.63, 3.8) is 0 Å². The summed E-state index contributed by atoms with van der Waals surface area (Å²) in [6, 6.07) is 4.86. The van der Waals surface area contributed by atoms with Crippen molar-refractivity contribution < 1.29 is 17.9 Å². The first kappa shape index (κ1) is 15.4. The van der Waals surface area contributed by atoms with Gasteiger partial charge in [-0.3, -0.25) is 9.52 Å². The molecule has 7 heteroatoms. The van der Waals surface area contributed by atoms with E-state index in [9.17, 15) is 13.2 Å². The van der Waals surface area contributed by atoms with Gasteiger partial charge in [-0.25, -0.2) is 8.42 Å². The Morgan fingerprint density at radius 1 is 1.48 bits per heavy atom. The molecule has 1 fully saturated rings. The summed E-state index contributed by atoms with van der Waals surface area (Å²) < 4.78 is 31.2. The van der Waals surface area contributed by atoms with Gasteiger partial charge in [0.2, 0.25) is 15.9 Å². The number of nitrogens with zero attached hydrogens (tertiary/aromatic N) is 1. The van der Waals surface area contributed by atoms with Crippen LogP contribution in [0.15, 0.2) is 30.9 Å². The average molecular weight is 310 g/mol. The van der Waals surface area contributed by atoms with Crippen LogP contribution in [0.4, 0.5) is 11.4 Å². The molecule has 0 aromatic heterocycles. The zero-order valence-corrected chi connectivity index (χ0v) is 12.6. The number of nitrogens with one attached hydrogen (secondary N) is 1. The molecule has 1 aliphatic heterocycles. The van der Waals surface area contributed by atoms with E-state index in [0.717, 1.165) is 6.42 Å². The molecule has 2 rings (SSSR count). The number of benzene rings is 1.